The van der Waals surface area contributed by atoms with Crippen molar-refractivity contribution >= 4 is 37.3 Å². The van der Waals surface area contributed by atoms with Crippen molar-refractivity contribution in [3.05, 3.63) is 12.2 Å². The molecule has 0 bridgehead atoms. The molecule has 12 nitrogen and oxygen atoms in total. The summed E-state index contributed by atoms with van der Waals surface area (Å²) in [5.41, 5.74) is -9.04. The first-order valence-corrected chi connectivity index (χ1v) is 11.3. The Labute approximate surface area is 198 Å². The predicted octanol–water partition coefficient (Wildman–Crippen LogP) is -3.15. The van der Waals surface area contributed by atoms with Crippen LogP contribution in [0.2, 0.25) is 0 Å². The maximum atomic E-state index is 13.4. The normalized spacial score (nSPS) is 54.8. The molecule has 3 saturated carbocycles. The second kappa shape index (κ2) is 6.58. The van der Waals surface area contributed by atoms with Gasteiger partial charge in [-0.2, -0.15) is 0 Å². The Bertz CT molecular complexity index is 1120. The molecule has 0 amide bonds. The van der Waals surface area contributed by atoms with E-state index in [1.807, 2.05) is 0 Å². The number of carbonyl (C=O) groups is 4. The molecule has 12 atom stereocenters. The van der Waals surface area contributed by atoms with Crippen LogP contribution in [0.4, 0.5) is 0 Å². The molecule has 35 heavy (non-hydrogen) atoms. The van der Waals surface area contributed by atoms with E-state index in [1.54, 1.807) is 0 Å². The number of ether oxygens (including phenoxy) is 4. The van der Waals surface area contributed by atoms with Gasteiger partial charge in [-0.1, -0.05) is 0 Å². The number of hydrogen-bond acceptors (Lipinski definition) is 11. The van der Waals surface area contributed by atoms with Gasteiger partial charge in [0.05, 0.1) is 0 Å². The number of rotatable bonds is 5. The minimum absolute atomic E-state index is 0.0544. The van der Waals surface area contributed by atoms with Gasteiger partial charge in [-0.15, -0.1) is 0 Å². The fourth-order valence-electron chi connectivity index (χ4n) is 8.18. The molecular formula is C22H22BO12. The fraction of sp³-hybridized carbons (Fsp3) is 0.682. The van der Waals surface area contributed by atoms with Gasteiger partial charge in [0.25, 0.3) is 0 Å². The van der Waals surface area contributed by atoms with Crippen LogP contribution in [0.25, 0.3) is 0 Å². The Morgan fingerprint density at radius 3 is 2.51 bits per heavy atom. The SMILES string of the molecule is [B]=C[C@@H]1CC2OC(=O)[C@]3(O)[C@@]4(O)C(C)C(=O)O[C@H]4[C@H](O)[C@]23C23C1[C@@H]2OC(=O)[C@@H]3OC/C=C/C(=O)O. The third kappa shape index (κ3) is 2.04. The number of hydrogen-bond donors (Lipinski definition) is 4. The van der Waals surface area contributed by atoms with E-state index in [-0.39, 0.29) is 13.0 Å². The first-order valence-electron chi connectivity index (χ1n) is 11.3. The van der Waals surface area contributed by atoms with E-state index >= 15 is 0 Å². The minimum atomic E-state index is -2.85. The van der Waals surface area contributed by atoms with E-state index in [0.717, 1.165) is 12.2 Å². The number of carboxylic acid groups (broad SMARTS) is 1. The van der Waals surface area contributed by atoms with Crippen molar-refractivity contribution < 1.29 is 58.6 Å². The zero-order valence-corrected chi connectivity index (χ0v) is 18.4. The van der Waals surface area contributed by atoms with Crippen LogP contribution in [0, 0.1) is 28.6 Å². The quantitative estimate of drug-likeness (QED) is 0.132. The summed E-state index contributed by atoms with van der Waals surface area (Å²) in [4.78, 5) is 49.5. The molecule has 13 heteroatoms. The number of aliphatic hydroxyl groups is 3. The molecule has 3 heterocycles. The summed E-state index contributed by atoms with van der Waals surface area (Å²) in [6.07, 6.45) is -5.13. The first-order chi connectivity index (χ1) is 16.5. The molecule has 6 fully saturated rings. The zero-order valence-electron chi connectivity index (χ0n) is 18.4. The van der Waals surface area contributed by atoms with Crippen molar-refractivity contribution in [1.29, 1.82) is 0 Å². The van der Waals surface area contributed by atoms with Crippen LogP contribution in [0.1, 0.15) is 13.3 Å². The van der Waals surface area contributed by atoms with Crippen molar-refractivity contribution in [2.75, 3.05) is 6.61 Å². The third-order valence-corrected chi connectivity index (χ3v) is 9.34. The van der Waals surface area contributed by atoms with E-state index in [0.29, 0.717) is 0 Å². The molecule has 4 unspecified atom stereocenters. The van der Waals surface area contributed by atoms with E-state index in [4.69, 9.17) is 31.5 Å². The number of aliphatic carboxylic acids is 1. The van der Waals surface area contributed by atoms with Crippen molar-refractivity contribution in [2.45, 2.75) is 55.1 Å². The Morgan fingerprint density at radius 1 is 1.17 bits per heavy atom. The fourth-order valence-corrected chi connectivity index (χ4v) is 8.18. The van der Waals surface area contributed by atoms with Crippen LogP contribution < -0.4 is 0 Å². The van der Waals surface area contributed by atoms with E-state index in [2.05, 4.69) is 0 Å². The zero-order chi connectivity index (χ0) is 25.3. The second-order valence-electron chi connectivity index (χ2n) is 10.2. The number of carbonyl (C=O) groups excluding carboxylic acids is 3. The average Bonchev–Trinajstić information content (AvgIpc) is 3.07. The molecular weight excluding hydrogens is 467 g/mol. The number of esters is 3. The van der Waals surface area contributed by atoms with Gasteiger partial charge < -0.3 is 0 Å². The Kier molecular flexibility index (Phi) is 4.29. The average molecular weight is 489 g/mol. The van der Waals surface area contributed by atoms with E-state index in [9.17, 15) is 34.5 Å². The summed E-state index contributed by atoms with van der Waals surface area (Å²) < 4.78 is 22.2. The molecule has 0 aromatic rings. The summed E-state index contributed by atoms with van der Waals surface area (Å²) >= 11 is 0. The van der Waals surface area contributed by atoms with Crippen molar-refractivity contribution in [3.63, 3.8) is 0 Å². The Morgan fingerprint density at radius 2 is 1.86 bits per heavy atom. The molecule has 2 spiro atoms. The van der Waals surface area contributed by atoms with Crippen LogP contribution in [0.5, 0.6) is 0 Å². The summed E-state index contributed by atoms with van der Waals surface area (Å²) in [6, 6.07) is 0. The van der Waals surface area contributed by atoms with Gasteiger partial charge in [0, 0.05) is 0 Å². The molecule has 0 aromatic carbocycles. The molecule has 4 N–H and O–H groups in total. The van der Waals surface area contributed by atoms with Gasteiger partial charge in [0.15, 0.2) is 0 Å². The second-order valence-corrected chi connectivity index (χ2v) is 10.2. The Hall–Kier alpha value is -2.61. The predicted molar refractivity (Wildman–Crippen MR) is 110 cm³/mol. The maximum absolute atomic E-state index is 13.4. The van der Waals surface area contributed by atoms with E-state index < -0.39 is 94.2 Å². The monoisotopic (exact) mass is 489 g/mol. The van der Waals surface area contributed by atoms with Gasteiger partial charge >= 0.3 is 198 Å². The van der Waals surface area contributed by atoms with Gasteiger partial charge in [0.2, 0.25) is 0 Å². The van der Waals surface area contributed by atoms with Crippen molar-refractivity contribution in [3.8, 4) is 0 Å². The van der Waals surface area contributed by atoms with E-state index in [1.165, 1.54) is 12.9 Å². The van der Waals surface area contributed by atoms with Crippen LogP contribution in [-0.4, -0.2) is 106 Å². The van der Waals surface area contributed by atoms with Crippen LogP contribution in [0.3, 0.4) is 0 Å². The van der Waals surface area contributed by atoms with Gasteiger partial charge in [-0.25, -0.2) is 0 Å². The van der Waals surface area contributed by atoms with Crippen molar-refractivity contribution in [2.24, 2.45) is 28.6 Å². The molecule has 3 saturated heterocycles. The van der Waals surface area contributed by atoms with Gasteiger partial charge in [-0.3, -0.25) is 0 Å². The molecule has 0 aromatic heterocycles. The summed E-state index contributed by atoms with van der Waals surface area (Å²) in [7, 11) is 5.87. The van der Waals surface area contributed by atoms with Crippen LogP contribution in [0.15, 0.2) is 12.2 Å². The van der Waals surface area contributed by atoms with Crippen LogP contribution >= 0.6 is 0 Å². The molecule has 1 radical (unpaired) electrons. The number of aliphatic hydroxyl groups excluding tert-OH is 1. The van der Waals surface area contributed by atoms with Crippen LogP contribution in [-0.2, 0) is 38.1 Å². The Balaban J connectivity index is 1.55. The number of carboxylic acids is 1. The molecule has 3 aliphatic heterocycles. The molecule has 6 aliphatic rings. The third-order valence-electron chi connectivity index (χ3n) is 9.34. The molecule has 185 valence electrons. The van der Waals surface area contributed by atoms with Gasteiger partial charge in [-0.05, 0) is 0 Å². The number of fused-ring (bicyclic) bond motifs is 3. The standard InChI is InChI=1S/C22H22BO12/c1-7-16(27)35-14-12(26)20-9(33-18(29)22(20,31)21(7,14)30)5-8(6-23)11-13-19(11,20)15(17(28)34-13)32-4-2-3-10(24)25/h2-3,6-9,11-15,26,30-31H,4-5H2,1H3,(H,24,25)/b3-2+/t7?,8-,9?,11?,12-,13-,14-,15-,19?,20-,21+,22+/m0/s1. The molecule has 6 rings (SSSR count). The van der Waals surface area contributed by atoms with Gasteiger partial charge in [0.1, 0.15) is 0 Å². The topological polar surface area (TPSA) is 186 Å². The first kappa shape index (κ1) is 22.8. The molecule has 3 aliphatic carbocycles. The summed E-state index contributed by atoms with van der Waals surface area (Å²) in [6.45, 7) is 0.930. The summed E-state index contributed by atoms with van der Waals surface area (Å²) in [5, 5.41) is 44.4. The van der Waals surface area contributed by atoms with Crippen molar-refractivity contribution in [1.82, 2.24) is 0 Å². The summed E-state index contributed by atoms with van der Waals surface area (Å²) in [5.74, 6) is -5.37.